The minimum absolute atomic E-state index is 0.0864. The largest absolute Gasteiger partial charge is 0.480 e. The summed E-state index contributed by atoms with van der Waals surface area (Å²) >= 11 is 0. The molecule has 0 aromatic rings. The van der Waals surface area contributed by atoms with E-state index in [1.165, 1.54) is 17.7 Å². The molecule has 0 radical (unpaired) electrons. The number of carboxylic acids is 1. The standard InChI is InChI=1S/C12H21N3O4/c16-9-6-10(11(17)18)15(7-9)12(19)14-5-1-4-13-8-2-3-8/h8-10,13,16H,1-7H2,(H,14,19)(H,17,18)/t9-,10+/m1/s1. The van der Waals surface area contributed by atoms with Gasteiger partial charge < -0.3 is 25.7 Å². The Kier molecular flexibility index (Phi) is 4.60. The summed E-state index contributed by atoms with van der Waals surface area (Å²) in [4.78, 5) is 24.0. The van der Waals surface area contributed by atoms with Gasteiger partial charge in [0.1, 0.15) is 6.04 Å². The molecule has 0 spiro atoms. The van der Waals surface area contributed by atoms with E-state index in [0.717, 1.165) is 13.0 Å². The van der Waals surface area contributed by atoms with Crippen LogP contribution < -0.4 is 10.6 Å². The molecule has 4 N–H and O–H groups in total. The lowest BCUT2D eigenvalue weighted by atomic mass is 10.2. The van der Waals surface area contributed by atoms with Gasteiger partial charge in [-0.3, -0.25) is 0 Å². The third-order valence-corrected chi connectivity index (χ3v) is 3.47. The van der Waals surface area contributed by atoms with Crippen LogP contribution in [0.2, 0.25) is 0 Å². The number of rotatable bonds is 6. The van der Waals surface area contributed by atoms with Gasteiger partial charge in [-0.25, -0.2) is 9.59 Å². The van der Waals surface area contributed by atoms with E-state index in [1.54, 1.807) is 0 Å². The van der Waals surface area contributed by atoms with Crippen LogP contribution in [0.15, 0.2) is 0 Å². The molecule has 19 heavy (non-hydrogen) atoms. The fraction of sp³-hybridized carbons (Fsp3) is 0.833. The van der Waals surface area contributed by atoms with Crippen LogP contribution in [-0.2, 0) is 4.79 Å². The average Bonchev–Trinajstić information content (AvgIpc) is 3.09. The average molecular weight is 271 g/mol. The molecule has 1 aliphatic carbocycles. The molecule has 0 aromatic carbocycles. The number of aliphatic hydroxyl groups is 1. The van der Waals surface area contributed by atoms with Gasteiger partial charge in [-0.1, -0.05) is 0 Å². The van der Waals surface area contributed by atoms with E-state index in [2.05, 4.69) is 10.6 Å². The Hall–Kier alpha value is -1.34. The lowest BCUT2D eigenvalue weighted by molar-refractivity contribution is -0.141. The van der Waals surface area contributed by atoms with Crippen LogP contribution >= 0.6 is 0 Å². The Morgan fingerprint density at radius 3 is 2.63 bits per heavy atom. The fourth-order valence-corrected chi connectivity index (χ4v) is 2.25. The van der Waals surface area contributed by atoms with Gasteiger partial charge in [0.05, 0.1) is 6.10 Å². The highest BCUT2D eigenvalue weighted by atomic mass is 16.4. The highest BCUT2D eigenvalue weighted by molar-refractivity contribution is 5.83. The first kappa shape index (κ1) is 14.1. The van der Waals surface area contributed by atoms with Crippen molar-refractivity contribution in [2.45, 2.75) is 43.9 Å². The van der Waals surface area contributed by atoms with E-state index in [-0.39, 0.29) is 13.0 Å². The van der Waals surface area contributed by atoms with Gasteiger partial charge in [-0.15, -0.1) is 0 Å². The first-order valence-electron chi connectivity index (χ1n) is 6.76. The number of nitrogens with zero attached hydrogens (tertiary/aromatic N) is 1. The summed E-state index contributed by atoms with van der Waals surface area (Å²) in [5.74, 6) is -1.07. The zero-order valence-electron chi connectivity index (χ0n) is 10.8. The van der Waals surface area contributed by atoms with Crippen LogP contribution in [0.3, 0.4) is 0 Å². The van der Waals surface area contributed by atoms with E-state index in [4.69, 9.17) is 5.11 Å². The molecule has 1 saturated heterocycles. The first-order chi connectivity index (χ1) is 9.08. The number of carbonyl (C=O) groups is 2. The zero-order chi connectivity index (χ0) is 13.8. The molecule has 2 fully saturated rings. The second-order valence-electron chi connectivity index (χ2n) is 5.21. The van der Waals surface area contributed by atoms with Crippen molar-refractivity contribution in [1.29, 1.82) is 0 Å². The third-order valence-electron chi connectivity index (χ3n) is 3.47. The molecule has 2 atom stereocenters. The predicted octanol–water partition coefficient (Wildman–Crippen LogP) is -0.642. The molecule has 2 amide bonds. The topological polar surface area (TPSA) is 102 Å². The van der Waals surface area contributed by atoms with Gasteiger partial charge in [-0.05, 0) is 25.8 Å². The normalized spacial score (nSPS) is 26.5. The second kappa shape index (κ2) is 6.21. The van der Waals surface area contributed by atoms with Crippen molar-refractivity contribution in [1.82, 2.24) is 15.5 Å². The molecule has 108 valence electrons. The van der Waals surface area contributed by atoms with Crippen LogP contribution in [-0.4, -0.2) is 64.9 Å². The zero-order valence-corrected chi connectivity index (χ0v) is 10.8. The number of hydrogen-bond donors (Lipinski definition) is 4. The first-order valence-corrected chi connectivity index (χ1v) is 6.76. The van der Waals surface area contributed by atoms with Crippen LogP contribution in [0.4, 0.5) is 4.79 Å². The van der Waals surface area contributed by atoms with Gasteiger partial charge in [0.15, 0.2) is 0 Å². The monoisotopic (exact) mass is 271 g/mol. The van der Waals surface area contributed by atoms with Gasteiger partial charge >= 0.3 is 12.0 Å². The lowest BCUT2D eigenvalue weighted by Crippen LogP contribution is -2.46. The SMILES string of the molecule is O=C(O)[C@@H]1C[C@@H](O)CN1C(=O)NCCCNC1CC1. The molecule has 7 heteroatoms. The van der Waals surface area contributed by atoms with Crippen molar-refractivity contribution in [2.75, 3.05) is 19.6 Å². The number of β-amino-alcohol motifs (C(OH)–C–C–N with tert-alkyl or cyclic N) is 1. The Morgan fingerprint density at radius 1 is 1.26 bits per heavy atom. The van der Waals surface area contributed by atoms with Crippen LogP contribution in [0.1, 0.15) is 25.7 Å². The van der Waals surface area contributed by atoms with Crippen molar-refractivity contribution in [3.05, 3.63) is 0 Å². The molecule has 0 unspecified atom stereocenters. The minimum Gasteiger partial charge on any atom is -0.480 e. The molecule has 2 aliphatic rings. The summed E-state index contributed by atoms with van der Waals surface area (Å²) in [6.45, 7) is 1.45. The molecule has 1 aliphatic heterocycles. The number of aliphatic carboxylic acids is 1. The van der Waals surface area contributed by atoms with Gasteiger partial charge in [-0.2, -0.15) is 0 Å². The van der Waals surface area contributed by atoms with Gasteiger partial charge in [0.2, 0.25) is 0 Å². The fourth-order valence-electron chi connectivity index (χ4n) is 2.25. The van der Waals surface area contributed by atoms with E-state index in [0.29, 0.717) is 12.6 Å². The molecule has 2 rings (SSSR count). The number of amides is 2. The van der Waals surface area contributed by atoms with Crippen molar-refractivity contribution in [3.8, 4) is 0 Å². The van der Waals surface area contributed by atoms with Crippen molar-refractivity contribution in [2.24, 2.45) is 0 Å². The Morgan fingerprint density at radius 2 is 2.00 bits per heavy atom. The molecular formula is C12H21N3O4. The number of carbonyl (C=O) groups excluding carboxylic acids is 1. The molecule has 7 nitrogen and oxygen atoms in total. The van der Waals surface area contributed by atoms with E-state index in [9.17, 15) is 14.7 Å². The number of urea groups is 1. The van der Waals surface area contributed by atoms with E-state index < -0.39 is 24.1 Å². The summed E-state index contributed by atoms with van der Waals surface area (Å²) in [6.07, 6.45) is 2.64. The maximum absolute atomic E-state index is 11.8. The molecule has 1 heterocycles. The summed E-state index contributed by atoms with van der Waals surface area (Å²) in [6, 6.07) is -0.671. The molecule has 1 saturated carbocycles. The highest BCUT2D eigenvalue weighted by Gasteiger charge is 2.38. The second-order valence-corrected chi connectivity index (χ2v) is 5.21. The molecule has 0 aromatic heterocycles. The Labute approximate surface area is 112 Å². The minimum atomic E-state index is -1.07. The Balaban J connectivity index is 1.67. The Bertz CT molecular complexity index is 346. The number of nitrogens with one attached hydrogen (secondary N) is 2. The van der Waals surface area contributed by atoms with Crippen LogP contribution in [0.25, 0.3) is 0 Å². The van der Waals surface area contributed by atoms with E-state index >= 15 is 0 Å². The lowest BCUT2D eigenvalue weighted by Gasteiger charge is -2.21. The smallest absolute Gasteiger partial charge is 0.326 e. The predicted molar refractivity (Wildman–Crippen MR) is 67.8 cm³/mol. The van der Waals surface area contributed by atoms with Gasteiger partial charge in [0, 0.05) is 25.6 Å². The van der Waals surface area contributed by atoms with Crippen molar-refractivity contribution in [3.63, 3.8) is 0 Å². The van der Waals surface area contributed by atoms with Crippen LogP contribution in [0, 0.1) is 0 Å². The highest BCUT2D eigenvalue weighted by Crippen LogP contribution is 2.18. The van der Waals surface area contributed by atoms with Crippen LogP contribution in [0.5, 0.6) is 0 Å². The maximum atomic E-state index is 11.8. The molecule has 0 bridgehead atoms. The maximum Gasteiger partial charge on any atom is 0.326 e. The molecular weight excluding hydrogens is 250 g/mol. The third kappa shape index (κ3) is 4.07. The van der Waals surface area contributed by atoms with Crippen molar-refractivity contribution >= 4 is 12.0 Å². The summed E-state index contributed by atoms with van der Waals surface area (Å²) in [5.41, 5.74) is 0. The number of likely N-dealkylation sites (tertiary alicyclic amines) is 1. The quantitative estimate of drug-likeness (QED) is 0.481. The summed E-state index contributed by atoms with van der Waals surface area (Å²) in [7, 11) is 0. The number of carboxylic acid groups (broad SMARTS) is 1. The summed E-state index contributed by atoms with van der Waals surface area (Å²) in [5, 5.41) is 24.5. The number of hydrogen-bond acceptors (Lipinski definition) is 4. The van der Waals surface area contributed by atoms with E-state index in [1.807, 2.05) is 0 Å². The summed E-state index contributed by atoms with van der Waals surface area (Å²) < 4.78 is 0. The van der Waals surface area contributed by atoms with Gasteiger partial charge in [0.25, 0.3) is 0 Å². The number of aliphatic hydroxyl groups excluding tert-OH is 1. The van der Waals surface area contributed by atoms with Crippen molar-refractivity contribution < 1.29 is 19.8 Å².